The van der Waals surface area contributed by atoms with Crippen LogP contribution < -0.4 is 31.4 Å². The fourth-order valence-electron chi connectivity index (χ4n) is 4.33. The number of benzene rings is 1. The number of halogens is 1. The molecule has 37 heavy (non-hydrogen) atoms. The van der Waals surface area contributed by atoms with Crippen LogP contribution in [0.4, 0.5) is 11.4 Å². The monoisotopic (exact) mass is 651 g/mol. The molecule has 0 spiro atoms. The number of carbonyl (C=O) groups is 3. The zero-order valence-corrected chi connectivity index (χ0v) is 24.6. The zero-order valence-electron chi connectivity index (χ0n) is 21.6. The molecule has 1 aromatic rings. The van der Waals surface area contributed by atoms with E-state index in [1.165, 1.54) is 68.6 Å². The van der Waals surface area contributed by atoms with Crippen LogP contribution in [0.5, 0.6) is 0 Å². The van der Waals surface area contributed by atoms with Crippen molar-refractivity contribution >= 4 is 39.3 Å². The number of alkyl halides is 2. The summed E-state index contributed by atoms with van der Waals surface area (Å²) in [7, 11) is -4.82. The van der Waals surface area contributed by atoms with Crippen LogP contribution in [0.25, 0.3) is 0 Å². The van der Waals surface area contributed by atoms with E-state index in [0.29, 0.717) is 11.4 Å². The van der Waals surface area contributed by atoms with E-state index in [1.54, 1.807) is 0 Å². The van der Waals surface area contributed by atoms with Gasteiger partial charge in [-0.1, -0.05) is 0 Å². The summed E-state index contributed by atoms with van der Waals surface area (Å²) in [6.45, 7) is 2.59. The van der Waals surface area contributed by atoms with E-state index >= 15 is 0 Å². The van der Waals surface area contributed by atoms with Crippen molar-refractivity contribution in [3.05, 3.63) is 17.7 Å². The molecule has 210 valence electrons. The van der Waals surface area contributed by atoms with Gasteiger partial charge in [0.1, 0.15) is 0 Å². The van der Waals surface area contributed by atoms with Crippen LogP contribution in [-0.2, 0) is 19.7 Å². The molecule has 1 aliphatic heterocycles. The maximum absolute atomic E-state index is 12.4. The topological polar surface area (TPSA) is 141 Å². The van der Waals surface area contributed by atoms with Crippen molar-refractivity contribution in [3.63, 3.8) is 0 Å². The standard InChI is InChI=1S/C26H40IN2O7S/c1-2-3-4-5-6-7-8-9-10-11-17-27-18-12-19-28-24-20(26(32)33)13-14-21(37(34,35)36)25(24)29-22(30)15-16-23(29)31/h13-14,28H,2-12,15-19H2,1H3,(H,32,33)(H,34,35,36)/q-1. The Balaban J connectivity index is 1.86. The molecule has 3 N–H and O–H groups in total. The van der Waals surface area contributed by atoms with E-state index in [2.05, 4.69) is 12.2 Å². The van der Waals surface area contributed by atoms with Crippen molar-refractivity contribution < 1.29 is 53.7 Å². The van der Waals surface area contributed by atoms with Gasteiger partial charge < -0.3 is 0 Å². The summed E-state index contributed by atoms with van der Waals surface area (Å²) in [6.07, 6.45) is 13.7. The number of carbonyl (C=O) groups excluding carboxylic acids is 2. The van der Waals surface area contributed by atoms with Crippen LogP contribution in [0, 0.1) is 0 Å². The first kappa shape index (κ1) is 31.5. The molecule has 0 atom stereocenters. The first-order chi connectivity index (χ1) is 17.7. The number of hydrogen-bond acceptors (Lipinski definition) is 6. The fraction of sp³-hybridized carbons (Fsp3) is 0.654. The molecule has 1 fully saturated rings. The average Bonchev–Trinajstić information content (AvgIpc) is 3.17. The molecule has 1 aliphatic rings. The second kappa shape index (κ2) is 16.3. The van der Waals surface area contributed by atoms with Gasteiger partial charge in [-0.2, -0.15) is 0 Å². The van der Waals surface area contributed by atoms with Gasteiger partial charge >= 0.3 is 232 Å². The van der Waals surface area contributed by atoms with Gasteiger partial charge in [-0.3, -0.25) is 0 Å². The number of unbranched alkanes of at least 4 members (excludes halogenated alkanes) is 9. The van der Waals surface area contributed by atoms with E-state index in [1.807, 2.05) is 0 Å². The predicted octanol–water partition coefficient (Wildman–Crippen LogP) is 2.10. The molecule has 11 heteroatoms. The molecule has 0 radical (unpaired) electrons. The van der Waals surface area contributed by atoms with Gasteiger partial charge in [-0.05, 0) is 0 Å². The van der Waals surface area contributed by atoms with E-state index in [-0.39, 0.29) is 45.3 Å². The summed E-state index contributed by atoms with van der Waals surface area (Å²) in [5, 5.41) is 12.6. The number of anilines is 2. The third kappa shape index (κ3) is 10.2. The first-order valence-corrected chi connectivity index (χ1v) is 17.7. The second-order valence-corrected chi connectivity index (χ2v) is 13.9. The molecule has 9 nitrogen and oxygen atoms in total. The third-order valence-corrected chi connectivity index (χ3v) is 10.2. The number of aromatic carboxylic acids is 1. The van der Waals surface area contributed by atoms with E-state index in [9.17, 15) is 32.5 Å². The third-order valence-electron chi connectivity index (χ3n) is 6.29. The van der Waals surface area contributed by atoms with Gasteiger partial charge in [0.05, 0.1) is 0 Å². The second-order valence-electron chi connectivity index (χ2n) is 9.27. The molecular weight excluding hydrogens is 611 g/mol. The molecular formula is C26H40IN2O7S-. The zero-order chi connectivity index (χ0) is 27.3. The fourth-order valence-corrected chi connectivity index (χ4v) is 7.55. The van der Waals surface area contributed by atoms with E-state index < -0.39 is 38.5 Å². The molecule has 0 saturated carbocycles. The number of rotatable bonds is 19. The summed E-state index contributed by atoms with van der Waals surface area (Å²) < 4.78 is 36.0. The minimum absolute atomic E-state index is 0.0170. The van der Waals surface area contributed by atoms with Crippen LogP contribution in [0.1, 0.15) is 101 Å². The molecule has 1 aromatic carbocycles. The SMILES string of the molecule is CCCCCCCCCCCC[I-]CCCNc1c(C(=O)O)ccc(S(=O)(=O)O)c1N1C(=O)CCC1=O. The van der Waals surface area contributed by atoms with Gasteiger partial charge in [0, 0.05) is 0 Å². The van der Waals surface area contributed by atoms with Crippen molar-refractivity contribution in [1.82, 2.24) is 0 Å². The van der Waals surface area contributed by atoms with Crippen molar-refractivity contribution in [2.45, 2.75) is 95.3 Å². The van der Waals surface area contributed by atoms with Crippen LogP contribution in [-0.4, -0.2) is 51.3 Å². The normalized spacial score (nSPS) is 14.1. The first-order valence-electron chi connectivity index (χ1n) is 13.2. The summed E-state index contributed by atoms with van der Waals surface area (Å²) in [6, 6.07) is 1.97. The molecule has 1 saturated heterocycles. The molecule has 2 amide bonds. The van der Waals surface area contributed by atoms with Gasteiger partial charge in [0.15, 0.2) is 0 Å². The number of amides is 2. The van der Waals surface area contributed by atoms with E-state index in [4.69, 9.17) is 0 Å². The Morgan fingerprint density at radius 1 is 0.919 bits per heavy atom. The quantitative estimate of drug-likeness (QED) is 0.0680. The van der Waals surface area contributed by atoms with E-state index in [0.717, 1.165) is 23.0 Å². The van der Waals surface area contributed by atoms with Gasteiger partial charge in [0.25, 0.3) is 0 Å². The minimum atomic E-state index is -4.82. The molecule has 0 unspecified atom stereocenters. The Labute approximate surface area is 230 Å². The number of carboxylic acids is 1. The van der Waals surface area contributed by atoms with Crippen LogP contribution in [0.2, 0.25) is 0 Å². The van der Waals surface area contributed by atoms with Crippen molar-refractivity contribution in [2.75, 3.05) is 25.6 Å². The van der Waals surface area contributed by atoms with Gasteiger partial charge in [-0.15, -0.1) is 0 Å². The Bertz CT molecular complexity index is 1010. The molecule has 0 aromatic heterocycles. The van der Waals surface area contributed by atoms with Crippen LogP contribution >= 0.6 is 0 Å². The van der Waals surface area contributed by atoms with Gasteiger partial charge in [0.2, 0.25) is 0 Å². The Morgan fingerprint density at radius 3 is 2.00 bits per heavy atom. The number of carboxylic acid groups (broad SMARTS) is 1. The summed E-state index contributed by atoms with van der Waals surface area (Å²) in [5.41, 5.74) is -0.816. The van der Waals surface area contributed by atoms with Crippen LogP contribution in [0.15, 0.2) is 17.0 Å². The van der Waals surface area contributed by atoms with Gasteiger partial charge in [-0.25, -0.2) is 0 Å². The molecule has 0 bridgehead atoms. The number of hydrogen-bond donors (Lipinski definition) is 3. The number of imide groups is 1. The Kier molecular flexibility index (Phi) is 13.9. The number of nitrogens with zero attached hydrogens (tertiary/aromatic N) is 1. The van der Waals surface area contributed by atoms with Crippen molar-refractivity contribution in [3.8, 4) is 0 Å². The van der Waals surface area contributed by atoms with Crippen molar-refractivity contribution in [1.29, 1.82) is 0 Å². The Hall–Kier alpha value is -1.73. The summed E-state index contributed by atoms with van der Waals surface area (Å²) >= 11 is 0.0170. The molecule has 1 heterocycles. The summed E-state index contributed by atoms with van der Waals surface area (Å²) in [4.78, 5) is 36.6. The Morgan fingerprint density at radius 2 is 1.46 bits per heavy atom. The average molecular weight is 652 g/mol. The van der Waals surface area contributed by atoms with Crippen LogP contribution in [0.3, 0.4) is 0 Å². The number of nitrogens with one attached hydrogen (secondary N) is 1. The summed E-state index contributed by atoms with van der Waals surface area (Å²) in [5.74, 6) is -2.61. The van der Waals surface area contributed by atoms with Crippen molar-refractivity contribution in [2.24, 2.45) is 0 Å². The molecule has 2 rings (SSSR count). The maximum atomic E-state index is 12.4. The molecule has 0 aliphatic carbocycles. The predicted molar refractivity (Wildman–Crippen MR) is 140 cm³/mol.